The molecule has 0 saturated carbocycles. The molecule has 0 fully saturated rings. The lowest BCUT2D eigenvalue weighted by Crippen LogP contribution is -2.51. The van der Waals surface area contributed by atoms with Crippen LogP contribution in [0.15, 0.2) is 71.2 Å². The van der Waals surface area contributed by atoms with Gasteiger partial charge >= 0.3 is 0 Å². The first-order valence-electron chi connectivity index (χ1n) is 13.0. The minimum Gasteiger partial charge on any atom is -0.399 e. The first kappa shape index (κ1) is 32.2. The van der Waals surface area contributed by atoms with E-state index >= 15 is 0 Å². The Bertz CT molecular complexity index is 1480. The van der Waals surface area contributed by atoms with Crippen molar-refractivity contribution in [1.29, 1.82) is 0 Å². The van der Waals surface area contributed by atoms with Crippen LogP contribution in [-0.4, -0.2) is 62.1 Å². The highest BCUT2D eigenvalue weighted by atomic mass is 32.2. The summed E-state index contributed by atoms with van der Waals surface area (Å²) in [6.45, 7) is -0.242. The van der Waals surface area contributed by atoms with Gasteiger partial charge in [-0.1, -0.05) is 42.5 Å². The predicted octanol–water partition coefficient (Wildman–Crippen LogP) is 0.294. The van der Waals surface area contributed by atoms with Crippen molar-refractivity contribution in [3.63, 3.8) is 0 Å². The molecule has 13 nitrogen and oxygen atoms in total. The fraction of sp³-hybridized carbons (Fsp3) is 0.296. The van der Waals surface area contributed by atoms with E-state index in [1.54, 1.807) is 60.0 Å². The number of nitrogen functional groups attached to an aromatic ring is 1. The van der Waals surface area contributed by atoms with Gasteiger partial charge in [-0.25, -0.2) is 18.1 Å². The number of Topliss-reactive ketones (excluding diaryl/α,β-unsaturated/α-hetero) is 1. The molecule has 0 radical (unpaired) electrons. The third kappa shape index (κ3) is 10.9. The smallest absolute Gasteiger partial charge is 0.239 e. The molecule has 224 valence electrons. The average Bonchev–Trinajstić information content (AvgIpc) is 3.48. The van der Waals surface area contributed by atoms with Crippen LogP contribution in [0.3, 0.4) is 0 Å². The summed E-state index contributed by atoms with van der Waals surface area (Å²) < 4.78 is 28.3. The molecule has 1 aromatic heterocycles. The molecule has 42 heavy (non-hydrogen) atoms. The quantitative estimate of drug-likeness (QED) is 0.0428. The molecule has 0 saturated heterocycles. The number of amides is 2. The molecule has 0 aliphatic heterocycles. The molecule has 0 aliphatic carbocycles. The normalized spacial score (nSPS) is 12.6. The van der Waals surface area contributed by atoms with Gasteiger partial charge in [0.15, 0.2) is 11.0 Å². The lowest BCUT2D eigenvalue weighted by Gasteiger charge is -2.20. The summed E-state index contributed by atoms with van der Waals surface area (Å²) in [7, 11) is -3.94. The van der Waals surface area contributed by atoms with Crippen molar-refractivity contribution in [2.75, 3.05) is 18.8 Å². The summed E-state index contributed by atoms with van der Waals surface area (Å²) in [6, 6.07) is 13.1. The van der Waals surface area contributed by atoms with Crippen LogP contribution in [0.4, 0.5) is 5.69 Å². The van der Waals surface area contributed by atoms with E-state index in [-0.39, 0.29) is 41.9 Å². The number of thiazole rings is 1. The predicted molar refractivity (Wildman–Crippen MR) is 162 cm³/mol. The number of aromatic nitrogens is 1. The Morgan fingerprint density at radius 3 is 2.40 bits per heavy atom. The van der Waals surface area contributed by atoms with Crippen LogP contribution in [-0.2, 0) is 31.8 Å². The number of hydrogen-bond donors (Lipinski definition) is 6. The fourth-order valence-electron chi connectivity index (χ4n) is 4.00. The Kier molecular flexibility index (Phi) is 12.0. The molecule has 3 rings (SSSR count). The lowest BCUT2D eigenvalue weighted by atomic mass is 10.1. The number of nitrogens with two attached hydrogens (primary N) is 3. The van der Waals surface area contributed by atoms with E-state index in [9.17, 15) is 22.8 Å². The van der Waals surface area contributed by atoms with Crippen LogP contribution in [0.1, 0.15) is 33.8 Å². The van der Waals surface area contributed by atoms with Crippen LogP contribution in [0, 0.1) is 0 Å². The minimum atomic E-state index is -3.94. The Balaban J connectivity index is 1.67. The fourth-order valence-corrected chi connectivity index (χ4v) is 5.97. The molecule has 0 spiro atoms. The second-order valence-electron chi connectivity index (χ2n) is 9.35. The zero-order valence-electron chi connectivity index (χ0n) is 22.7. The van der Waals surface area contributed by atoms with Crippen LogP contribution in [0.2, 0.25) is 0 Å². The zero-order valence-corrected chi connectivity index (χ0v) is 24.4. The maximum absolute atomic E-state index is 13.2. The number of guanidine groups is 1. The molecule has 1 heterocycles. The Labute approximate surface area is 248 Å². The van der Waals surface area contributed by atoms with Crippen molar-refractivity contribution >= 4 is 50.6 Å². The van der Waals surface area contributed by atoms with Gasteiger partial charge < -0.3 is 27.8 Å². The number of ketones is 1. The van der Waals surface area contributed by atoms with E-state index in [2.05, 4.69) is 25.3 Å². The molecule has 0 aliphatic rings. The van der Waals surface area contributed by atoms with Crippen molar-refractivity contribution < 1.29 is 22.8 Å². The monoisotopic (exact) mass is 614 g/mol. The Hall–Kier alpha value is -4.34. The van der Waals surface area contributed by atoms with Crippen molar-refractivity contribution in [3.05, 3.63) is 82.3 Å². The van der Waals surface area contributed by atoms with Gasteiger partial charge in [0.05, 0.1) is 18.3 Å². The summed E-state index contributed by atoms with van der Waals surface area (Å²) >= 11 is 1.14. The van der Waals surface area contributed by atoms with E-state index < -0.39 is 40.5 Å². The van der Waals surface area contributed by atoms with Gasteiger partial charge in [-0.05, 0) is 42.5 Å². The summed E-state index contributed by atoms with van der Waals surface area (Å²) in [4.78, 5) is 46.8. The Morgan fingerprint density at radius 1 is 1.00 bits per heavy atom. The van der Waals surface area contributed by atoms with Gasteiger partial charge in [-0.2, -0.15) is 0 Å². The number of aliphatic imine (C=N–C) groups is 1. The van der Waals surface area contributed by atoms with Gasteiger partial charge in [-0.15, -0.1) is 11.3 Å². The molecular weight excluding hydrogens is 580 g/mol. The van der Waals surface area contributed by atoms with Gasteiger partial charge in [0.2, 0.25) is 27.6 Å². The SMILES string of the molecule is NC(N)=NCCC[C@H](NC(=O)CNC(=O)[C@@H](Cc1cccc(N)c1)NS(=O)(=O)Cc1ccccc1)C(=O)c1nccs1. The van der Waals surface area contributed by atoms with E-state index in [1.807, 2.05) is 0 Å². The second-order valence-corrected chi connectivity index (χ2v) is 12.0. The van der Waals surface area contributed by atoms with Crippen molar-refractivity contribution in [2.24, 2.45) is 16.5 Å². The maximum Gasteiger partial charge on any atom is 0.239 e. The number of benzene rings is 2. The number of nitrogens with zero attached hydrogens (tertiary/aromatic N) is 2. The van der Waals surface area contributed by atoms with Crippen LogP contribution >= 0.6 is 11.3 Å². The van der Waals surface area contributed by atoms with E-state index in [0.29, 0.717) is 23.2 Å². The summed E-state index contributed by atoms with van der Waals surface area (Å²) in [6.07, 6.45) is 2.10. The highest BCUT2D eigenvalue weighted by Crippen LogP contribution is 2.13. The third-order valence-electron chi connectivity index (χ3n) is 5.89. The topological polar surface area (TPSA) is 225 Å². The molecule has 2 atom stereocenters. The number of nitrogens with one attached hydrogen (secondary N) is 3. The molecule has 3 aromatic rings. The van der Waals surface area contributed by atoms with Crippen LogP contribution in [0.5, 0.6) is 0 Å². The van der Waals surface area contributed by atoms with Gasteiger partial charge in [0, 0.05) is 23.8 Å². The number of hydrogen-bond acceptors (Lipinski definition) is 9. The molecule has 2 aromatic carbocycles. The number of rotatable bonds is 16. The molecule has 0 unspecified atom stereocenters. The van der Waals surface area contributed by atoms with Gasteiger partial charge in [0.25, 0.3) is 0 Å². The highest BCUT2D eigenvalue weighted by molar-refractivity contribution is 7.88. The first-order valence-corrected chi connectivity index (χ1v) is 15.5. The van der Waals surface area contributed by atoms with Crippen molar-refractivity contribution in [3.8, 4) is 0 Å². The number of anilines is 1. The minimum absolute atomic E-state index is 0.0114. The highest BCUT2D eigenvalue weighted by Gasteiger charge is 2.27. The van der Waals surface area contributed by atoms with Crippen LogP contribution in [0.25, 0.3) is 0 Å². The lowest BCUT2D eigenvalue weighted by molar-refractivity contribution is -0.127. The molecule has 15 heteroatoms. The van der Waals surface area contributed by atoms with Gasteiger partial charge in [0.1, 0.15) is 6.04 Å². The maximum atomic E-state index is 13.2. The van der Waals surface area contributed by atoms with E-state index in [1.165, 1.54) is 6.20 Å². The number of sulfonamides is 1. The van der Waals surface area contributed by atoms with E-state index in [4.69, 9.17) is 17.2 Å². The Morgan fingerprint density at radius 2 is 1.74 bits per heavy atom. The second kappa shape index (κ2) is 15.6. The summed E-state index contributed by atoms with van der Waals surface area (Å²) in [5.41, 5.74) is 18.2. The molecule has 9 N–H and O–H groups in total. The molecule has 2 amide bonds. The van der Waals surface area contributed by atoms with Crippen molar-refractivity contribution in [2.45, 2.75) is 37.1 Å². The average molecular weight is 615 g/mol. The largest absolute Gasteiger partial charge is 0.399 e. The molecule has 0 bridgehead atoms. The first-order chi connectivity index (χ1) is 20.0. The summed E-state index contributed by atoms with van der Waals surface area (Å²) in [5, 5.41) is 6.97. The zero-order chi connectivity index (χ0) is 30.5. The number of carbonyl (C=O) groups is 3. The number of carbonyl (C=O) groups excluding carboxylic acids is 3. The third-order valence-corrected chi connectivity index (χ3v) is 8.04. The summed E-state index contributed by atoms with van der Waals surface area (Å²) in [5.74, 6) is -2.18. The van der Waals surface area contributed by atoms with Crippen LogP contribution < -0.4 is 32.6 Å². The van der Waals surface area contributed by atoms with Gasteiger partial charge in [-0.3, -0.25) is 19.4 Å². The van der Waals surface area contributed by atoms with E-state index in [0.717, 1.165) is 11.3 Å². The molecular formula is C27H34N8O5S2. The van der Waals surface area contributed by atoms with Crippen molar-refractivity contribution in [1.82, 2.24) is 20.3 Å². The standard InChI is InChI=1S/C27H34N8O5S2/c28-20-9-4-8-19(14-20)15-22(35-42(39,40)17-18-6-2-1-3-7-18)25(38)33-16-23(36)34-21(10-5-11-32-27(29)30)24(37)26-31-12-13-41-26/h1-4,6-9,12-14,21-22,35H,5,10-11,15-17,28H2,(H,33,38)(H,34,36)(H4,29,30,32)/t21-,22+/m0/s1.